The fraction of sp³-hybridized carbons (Fsp3) is 0.800. The van der Waals surface area contributed by atoms with Crippen molar-refractivity contribution in [2.75, 3.05) is 13.2 Å². The molecule has 0 aromatic rings. The Morgan fingerprint density at radius 3 is 2.83 bits per heavy atom. The van der Waals surface area contributed by atoms with E-state index < -0.39 is 0 Å². The molecule has 0 saturated heterocycles. The van der Waals surface area contributed by atoms with Crippen molar-refractivity contribution in [1.29, 1.82) is 0 Å². The van der Waals surface area contributed by atoms with Gasteiger partial charge in [-0.1, -0.05) is 25.8 Å². The lowest BCUT2D eigenvalue weighted by Gasteiger charge is -2.14. The van der Waals surface area contributed by atoms with E-state index in [-0.39, 0.29) is 12.7 Å². The minimum Gasteiger partial charge on any atom is -0.394 e. The Kier molecular flexibility index (Phi) is 8.51. The molecule has 72 valence electrons. The first-order valence-electron chi connectivity index (χ1n) is 4.68. The molecular formula is C10H20O2. The van der Waals surface area contributed by atoms with Crippen molar-refractivity contribution in [1.82, 2.24) is 0 Å². The summed E-state index contributed by atoms with van der Waals surface area (Å²) >= 11 is 0. The van der Waals surface area contributed by atoms with Gasteiger partial charge in [0.05, 0.1) is 19.3 Å². The molecule has 2 heteroatoms. The normalized spacial score (nSPS) is 12.8. The smallest absolute Gasteiger partial charge is 0.0701 e. The van der Waals surface area contributed by atoms with E-state index in [1.54, 1.807) is 0 Å². The molecule has 1 N–H and O–H groups in total. The van der Waals surface area contributed by atoms with Crippen molar-refractivity contribution >= 4 is 0 Å². The summed E-state index contributed by atoms with van der Waals surface area (Å²) < 4.78 is 5.41. The van der Waals surface area contributed by atoms with Crippen LogP contribution in [0.15, 0.2) is 12.7 Å². The Hall–Kier alpha value is -0.340. The molecule has 0 aromatic heterocycles. The van der Waals surface area contributed by atoms with Gasteiger partial charge in [0.2, 0.25) is 0 Å². The van der Waals surface area contributed by atoms with E-state index in [1.807, 2.05) is 6.08 Å². The second-order valence-corrected chi connectivity index (χ2v) is 2.88. The zero-order valence-electron chi connectivity index (χ0n) is 7.96. The number of ether oxygens (including phenoxy) is 1. The van der Waals surface area contributed by atoms with Gasteiger partial charge in [-0.15, -0.1) is 6.58 Å². The number of rotatable bonds is 8. The van der Waals surface area contributed by atoms with Gasteiger partial charge in [-0.3, -0.25) is 0 Å². The van der Waals surface area contributed by atoms with Gasteiger partial charge in [-0.05, 0) is 12.8 Å². The minimum atomic E-state index is 0.111. The van der Waals surface area contributed by atoms with Crippen LogP contribution >= 0.6 is 0 Å². The Morgan fingerprint density at radius 2 is 2.33 bits per heavy atom. The minimum absolute atomic E-state index is 0.111. The molecule has 1 unspecified atom stereocenters. The molecule has 0 aromatic carbocycles. The molecular weight excluding hydrogens is 152 g/mol. The van der Waals surface area contributed by atoms with Gasteiger partial charge in [0.25, 0.3) is 0 Å². The van der Waals surface area contributed by atoms with Crippen LogP contribution < -0.4 is 0 Å². The number of hydrogen-bond donors (Lipinski definition) is 1. The Morgan fingerprint density at radius 1 is 1.58 bits per heavy atom. The lowest BCUT2D eigenvalue weighted by Crippen LogP contribution is -2.14. The summed E-state index contributed by atoms with van der Waals surface area (Å²) in [4.78, 5) is 0. The van der Waals surface area contributed by atoms with E-state index in [9.17, 15) is 0 Å². The maximum Gasteiger partial charge on any atom is 0.0701 e. The van der Waals surface area contributed by atoms with Crippen LogP contribution in [0, 0.1) is 0 Å². The van der Waals surface area contributed by atoms with Crippen LogP contribution in [-0.4, -0.2) is 24.4 Å². The Bertz CT molecular complexity index is 94.0. The van der Waals surface area contributed by atoms with Gasteiger partial charge in [-0.25, -0.2) is 0 Å². The van der Waals surface area contributed by atoms with Gasteiger partial charge in [0, 0.05) is 0 Å². The maximum atomic E-state index is 8.56. The molecule has 0 radical (unpaired) electrons. The van der Waals surface area contributed by atoms with Crippen molar-refractivity contribution in [3.63, 3.8) is 0 Å². The second kappa shape index (κ2) is 8.75. The standard InChI is InChI=1S/C10H20O2/c1-3-5-7-10(6-4-2)12-9-8-11/h4,10-11H,2-3,5-9H2,1H3. The Labute approximate surface area is 75.2 Å². The molecule has 0 aliphatic rings. The quantitative estimate of drug-likeness (QED) is 0.568. The van der Waals surface area contributed by atoms with Crippen LogP contribution in [0.3, 0.4) is 0 Å². The monoisotopic (exact) mass is 172 g/mol. The van der Waals surface area contributed by atoms with E-state index in [1.165, 1.54) is 12.8 Å². The molecule has 0 aliphatic heterocycles. The summed E-state index contributed by atoms with van der Waals surface area (Å²) in [7, 11) is 0. The van der Waals surface area contributed by atoms with E-state index >= 15 is 0 Å². The van der Waals surface area contributed by atoms with Crippen LogP contribution in [0.5, 0.6) is 0 Å². The summed E-state index contributed by atoms with van der Waals surface area (Å²) in [5.41, 5.74) is 0. The van der Waals surface area contributed by atoms with Gasteiger partial charge >= 0.3 is 0 Å². The predicted octanol–water partition coefficient (Wildman–Crippen LogP) is 2.13. The first-order chi connectivity index (χ1) is 5.85. The molecule has 2 nitrogen and oxygen atoms in total. The van der Waals surface area contributed by atoms with E-state index in [4.69, 9.17) is 9.84 Å². The molecule has 0 heterocycles. The zero-order valence-corrected chi connectivity index (χ0v) is 7.96. The average Bonchev–Trinajstić information content (AvgIpc) is 2.10. The molecule has 0 amide bonds. The van der Waals surface area contributed by atoms with Gasteiger partial charge in [0.1, 0.15) is 0 Å². The van der Waals surface area contributed by atoms with E-state index in [2.05, 4.69) is 13.5 Å². The highest BCUT2D eigenvalue weighted by Crippen LogP contribution is 2.08. The third kappa shape index (κ3) is 6.38. The highest BCUT2D eigenvalue weighted by atomic mass is 16.5. The number of hydrogen-bond acceptors (Lipinski definition) is 2. The summed E-state index contributed by atoms with van der Waals surface area (Å²) in [5, 5.41) is 8.56. The topological polar surface area (TPSA) is 29.5 Å². The highest BCUT2D eigenvalue weighted by Gasteiger charge is 2.05. The molecule has 0 rings (SSSR count). The number of aliphatic hydroxyl groups is 1. The fourth-order valence-electron chi connectivity index (χ4n) is 1.11. The second-order valence-electron chi connectivity index (χ2n) is 2.88. The van der Waals surface area contributed by atoms with Gasteiger partial charge < -0.3 is 9.84 Å². The number of aliphatic hydroxyl groups excluding tert-OH is 1. The lowest BCUT2D eigenvalue weighted by molar-refractivity contribution is 0.0248. The number of unbranched alkanes of at least 4 members (excludes halogenated alkanes) is 1. The molecule has 0 aliphatic carbocycles. The van der Waals surface area contributed by atoms with Crippen LogP contribution in [-0.2, 0) is 4.74 Å². The SMILES string of the molecule is C=CCC(CCCC)OCCO. The van der Waals surface area contributed by atoms with Crippen LogP contribution in [0.2, 0.25) is 0 Å². The van der Waals surface area contributed by atoms with Gasteiger partial charge in [0.15, 0.2) is 0 Å². The molecule has 0 fully saturated rings. The molecule has 0 saturated carbocycles. The lowest BCUT2D eigenvalue weighted by atomic mass is 10.1. The first kappa shape index (κ1) is 11.7. The summed E-state index contributed by atoms with van der Waals surface area (Å²) in [5.74, 6) is 0. The van der Waals surface area contributed by atoms with Crippen LogP contribution in [0.1, 0.15) is 32.6 Å². The highest BCUT2D eigenvalue weighted by molar-refractivity contribution is 4.73. The van der Waals surface area contributed by atoms with Crippen LogP contribution in [0.25, 0.3) is 0 Å². The van der Waals surface area contributed by atoms with Crippen molar-refractivity contribution in [3.05, 3.63) is 12.7 Å². The summed E-state index contributed by atoms with van der Waals surface area (Å²) in [6.45, 7) is 6.40. The van der Waals surface area contributed by atoms with Crippen molar-refractivity contribution < 1.29 is 9.84 Å². The molecule has 12 heavy (non-hydrogen) atoms. The van der Waals surface area contributed by atoms with Crippen LogP contribution in [0.4, 0.5) is 0 Å². The largest absolute Gasteiger partial charge is 0.394 e. The van der Waals surface area contributed by atoms with E-state index in [0.29, 0.717) is 6.61 Å². The third-order valence-corrected chi connectivity index (χ3v) is 1.75. The van der Waals surface area contributed by atoms with E-state index in [0.717, 1.165) is 12.8 Å². The fourth-order valence-corrected chi connectivity index (χ4v) is 1.11. The van der Waals surface area contributed by atoms with Crippen molar-refractivity contribution in [3.8, 4) is 0 Å². The van der Waals surface area contributed by atoms with Crippen molar-refractivity contribution in [2.24, 2.45) is 0 Å². The Balaban J connectivity index is 3.46. The predicted molar refractivity (Wildman–Crippen MR) is 51.2 cm³/mol. The molecule has 0 bridgehead atoms. The first-order valence-corrected chi connectivity index (χ1v) is 4.68. The van der Waals surface area contributed by atoms with Crippen molar-refractivity contribution in [2.45, 2.75) is 38.7 Å². The summed E-state index contributed by atoms with van der Waals surface area (Å²) in [6, 6.07) is 0. The molecule has 0 spiro atoms. The summed E-state index contributed by atoms with van der Waals surface area (Å²) in [6.07, 6.45) is 6.47. The molecule has 1 atom stereocenters. The average molecular weight is 172 g/mol. The maximum absolute atomic E-state index is 8.56. The zero-order chi connectivity index (χ0) is 9.23. The third-order valence-electron chi connectivity index (χ3n) is 1.75. The van der Waals surface area contributed by atoms with Gasteiger partial charge in [-0.2, -0.15) is 0 Å².